The highest BCUT2D eigenvalue weighted by Gasteiger charge is 2.35. The standard InChI is InChI=1S/C15H33N/c1-8-11-14(4,5)16(13-10-3)15(6,7)12-9-2/h8-13H2,1-7H3. The molecule has 0 atom stereocenters. The van der Waals surface area contributed by atoms with Gasteiger partial charge in [0.25, 0.3) is 0 Å². The maximum atomic E-state index is 2.73. The summed E-state index contributed by atoms with van der Waals surface area (Å²) in [6, 6.07) is 0. The minimum absolute atomic E-state index is 0.337. The summed E-state index contributed by atoms with van der Waals surface area (Å²) in [5.41, 5.74) is 0.673. The molecule has 0 saturated carbocycles. The van der Waals surface area contributed by atoms with Gasteiger partial charge < -0.3 is 0 Å². The van der Waals surface area contributed by atoms with Crippen molar-refractivity contribution >= 4 is 0 Å². The molecule has 0 saturated heterocycles. The van der Waals surface area contributed by atoms with E-state index in [0.717, 1.165) is 0 Å². The van der Waals surface area contributed by atoms with Crippen LogP contribution in [0.1, 0.15) is 80.6 Å². The van der Waals surface area contributed by atoms with Gasteiger partial charge in [-0.25, -0.2) is 0 Å². The number of rotatable bonds is 8. The van der Waals surface area contributed by atoms with Gasteiger partial charge >= 0.3 is 0 Å². The van der Waals surface area contributed by atoms with E-state index in [1.54, 1.807) is 0 Å². The molecule has 16 heavy (non-hydrogen) atoms. The Morgan fingerprint density at radius 2 is 1.06 bits per heavy atom. The monoisotopic (exact) mass is 227 g/mol. The van der Waals surface area contributed by atoms with Gasteiger partial charge in [0, 0.05) is 11.1 Å². The van der Waals surface area contributed by atoms with Crippen molar-refractivity contribution in [1.29, 1.82) is 0 Å². The van der Waals surface area contributed by atoms with E-state index in [1.807, 2.05) is 0 Å². The van der Waals surface area contributed by atoms with E-state index < -0.39 is 0 Å². The second-order valence-corrected chi connectivity index (χ2v) is 6.28. The molecule has 0 amide bonds. The molecule has 0 aromatic carbocycles. The Bertz CT molecular complexity index is 164. The Morgan fingerprint density at radius 1 is 0.688 bits per heavy atom. The molecule has 0 aromatic heterocycles. The Morgan fingerprint density at radius 3 is 1.31 bits per heavy atom. The Hall–Kier alpha value is -0.0400. The lowest BCUT2D eigenvalue weighted by atomic mass is 9.87. The van der Waals surface area contributed by atoms with Gasteiger partial charge in [0.1, 0.15) is 0 Å². The van der Waals surface area contributed by atoms with Crippen LogP contribution in [0.15, 0.2) is 0 Å². The van der Waals surface area contributed by atoms with Crippen molar-refractivity contribution in [1.82, 2.24) is 4.90 Å². The summed E-state index contributed by atoms with van der Waals surface area (Å²) >= 11 is 0. The van der Waals surface area contributed by atoms with E-state index >= 15 is 0 Å². The molecule has 0 radical (unpaired) electrons. The topological polar surface area (TPSA) is 3.24 Å². The van der Waals surface area contributed by atoms with Crippen molar-refractivity contribution in [2.24, 2.45) is 0 Å². The van der Waals surface area contributed by atoms with Crippen molar-refractivity contribution < 1.29 is 0 Å². The van der Waals surface area contributed by atoms with Crippen LogP contribution in [0.5, 0.6) is 0 Å². The summed E-state index contributed by atoms with van der Waals surface area (Å²) in [6.45, 7) is 17.7. The molecule has 1 heteroatoms. The summed E-state index contributed by atoms with van der Waals surface area (Å²) in [5.74, 6) is 0. The van der Waals surface area contributed by atoms with E-state index in [9.17, 15) is 0 Å². The fourth-order valence-corrected chi connectivity index (χ4v) is 3.14. The first-order valence-electron chi connectivity index (χ1n) is 7.09. The quantitative estimate of drug-likeness (QED) is 0.572. The first kappa shape index (κ1) is 16.0. The zero-order chi connectivity index (χ0) is 12.8. The van der Waals surface area contributed by atoms with Gasteiger partial charge in [0.15, 0.2) is 0 Å². The molecule has 1 nitrogen and oxygen atoms in total. The molecule has 0 aliphatic carbocycles. The first-order valence-corrected chi connectivity index (χ1v) is 7.09. The van der Waals surface area contributed by atoms with Gasteiger partial charge in [0.05, 0.1) is 0 Å². The van der Waals surface area contributed by atoms with Gasteiger partial charge in [-0.2, -0.15) is 0 Å². The number of hydrogen-bond acceptors (Lipinski definition) is 1. The van der Waals surface area contributed by atoms with Crippen LogP contribution in [0.3, 0.4) is 0 Å². The summed E-state index contributed by atoms with van der Waals surface area (Å²) in [6.07, 6.45) is 6.38. The van der Waals surface area contributed by atoms with E-state index in [-0.39, 0.29) is 0 Å². The van der Waals surface area contributed by atoms with Crippen molar-refractivity contribution in [2.75, 3.05) is 6.54 Å². The SMILES string of the molecule is CCCN(C(C)(C)CCC)C(C)(C)CCC. The van der Waals surface area contributed by atoms with Crippen LogP contribution in [0.25, 0.3) is 0 Å². The fourth-order valence-electron chi connectivity index (χ4n) is 3.14. The van der Waals surface area contributed by atoms with Gasteiger partial charge in [-0.05, 0) is 53.5 Å². The molecule has 0 bridgehead atoms. The second-order valence-electron chi connectivity index (χ2n) is 6.28. The zero-order valence-corrected chi connectivity index (χ0v) is 12.7. The highest BCUT2D eigenvalue weighted by molar-refractivity contribution is 4.91. The molecule has 0 rings (SSSR count). The zero-order valence-electron chi connectivity index (χ0n) is 12.7. The normalized spacial score (nSPS) is 13.5. The van der Waals surface area contributed by atoms with E-state index in [1.165, 1.54) is 38.6 Å². The molecule has 0 unspecified atom stereocenters. The maximum Gasteiger partial charge on any atom is 0.0158 e. The minimum Gasteiger partial charge on any atom is -0.293 e. The minimum atomic E-state index is 0.337. The van der Waals surface area contributed by atoms with Gasteiger partial charge in [-0.15, -0.1) is 0 Å². The highest BCUT2D eigenvalue weighted by atomic mass is 15.2. The van der Waals surface area contributed by atoms with Crippen LogP contribution < -0.4 is 0 Å². The molecular weight excluding hydrogens is 194 g/mol. The maximum absolute atomic E-state index is 2.73. The van der Waals surface area contributed by atoms with Crippen molar-refractivity contribution in [3.8, 4) is 0 Å². The van der Waals surface area contributed by atoms with Crippen molar-refractivity contribution in [3.63, 3.8) is 0 Å². The third kappa shape index (κ3) is 4.45. The molecule has 0 spiro atoms. The Balaban J connectivity index is 4.83. The molecule has 0 aliphatic heterocycles. The van der Waals surface area contributed by atoms with Crippen LogP contribution in [0, 0.1) is 0 Å². The van der Waals surface area contributed by atoms with Crippen LogP contribution >= 0.6 is 0 Å². The van der Waals surface area contributed by atoms with Gasteiger partial charge in [0.2, 0.25) is 0 Å². The number of nitrogens with zero attached hydrogens (tertiary/aromatic N) is 1. The molecule has 98 valence electrons. The van der Waals surface area contributed by atoms with Crippen molar-refractivity contribution in [3.05, 3.63) is 0 Å². The lowest BCUT2D eigenvalue weighted by molar-refractivity contribution is 0.00514. The predicted octanol–water partition coefficient (Wildman–Crippen LogP) is 4.86. The fraction of sp³-hybridized carbons (Fsp3) is 1.00. The average molecular weight is 227 g/mol. The van der Waals surface area contributed by atoms with E-state index in [0.29, 0.717) is 11.1 Å². The molecule has 0 N–H and O–H groups in total. The van der Waals surface area contributed by atoms with Crippen LogP contribution in [0.4, 0.5) is 0 Å². The predicted molar refractivity (Wildman–Crippen MR) is 75.0 cm³/mol. The first-order chi connectivity index (χ1) is 7.31. The molecule has 0 fully saturated rings. The number of hydrogen-bond donors (Lipinski definition) is 0. The van der Waals surface area contributed by atoms with E-state index in [4.69, 9.17) is 0 Å². The smallest absolute Gasteiger partial charge is 0.0158 e. The lowest BCUT2D eigenvalue weighted by Gasteiger charge is -2.49. The van der Waals surface area contributed by atoms with E-state index in [2.05, 4.69) is 53.4 Å². The Labute approximate surface area is 104 Å². The summed E-state index contributed by atoms with van der Waals surface area (Å²) in [4.78, 5) is 2.73. The van der Waals surface area contributed by atoms with Gasteiger partial charge in [-0.1, -0.05) is 33.6 Å². The molecule has 0 aliphatic rings. The van der Waals surface area contributed by atoms with Crippen LogP contribution in [-0.4, -0.2) is 22.5 Å². The molecule has 0 heterocycles. The van der Waals surface area contributed by atoms with Gasteiger partial charge in [-0.3, -0.25) is 4.90 Å². The Kier molecular flexibility index (Phi) is 6.62. The summed E-state index contributed by atoms with van der Waals surface area (Å²) in [5, 5.41) is 0. The molecule has 0 aromatic rings. The van der Waals surface area contributed by atoms with Crippen LogP contribution in [-0.2, 0) is 0 Å². The largest absolute Gasteiger partial charge is 0.293 e. The summed E-state index contributed by atoms with van der Waals surface area (Å²) in [7, 11) is 0. The highest BCUT2D eigenvalue weighted by Crippen LogP contribution is 2.32. The molecular formula is C15H33N. The third-order valence-electron chi connectivity index (χ3n) is 3.63. The van der Waals surface area contributed by atoms with Crippen molar-refractivity contribution in [2.45, 2.75) is 91.6 Å². The lowest BCUT2D eigenvalue weighted by Crippen LogP contribution is -2.55. The average Bonchev–Trinajstić information content (AvgIpc) is 2.13. The summed E-state index contributed by atoms with van der Waals surface area (Å²) < 4.78 is 0. The van der Waals surface area contributed by atoms with Crippen LogP contribution in [0.2, 0.25) is 0 Å². The third-order valence-corrected chi connectivity index (χ3v) is 3.63. The second kappa shape index (κ2) is 6.64.